The molecule has 0 aliphatic heterocycles. The Hall–Kier alpha value is -1.39. The van der Waals surface area contributed by atoms with Crippen LogP contribution in [0.15, 0.2) is 24.3 Å². The summed E-state index contributed by atoms with van der Waals surface area (Å²) in [6.45, 7) is 5.59. The number of nitrogens with two attached hydrogens (primary N) is 1. The number of nitrogens with zero attached hydrogens (tertiary/aromatic N) is 1. The molecule has 1 rings (SSSR count). The number of carbonyl (C=O) groups excluding carboxylic acids is 1. The van der Waals surface area contributed by atoms with E-state index in [4.69, 9.17) is 10.8 Å². The molecule has 0 spiro atoms. The lowest BCUT2D eigenvalue weighted by Crippen LogP contribution is -2.34. The highest BCUT2D eigenvalue weighted by molar-refractivity contribution is 5.76. The first-order chi connectivity index (χ1) is 9.12. The Morgan fingerprint density at radius 3 is 2.63 bits per heavy atom. The van der Waals surface area contributed by atoms with E-state index < -0.39 is 0 Å². The molecule has 106 valence electrons. The largest absolute Gasteiger partial charge is 0.396 e. The smallest absolute Gasteiger partial charge is 0.223 e. The van der Waals surface area contributed by atoms with Gasteiger partial charge in [-0.1, -0.05) is 24.3 Å². The molecule has 19 heavy (non-hydrogen) atoms. The van der Waals surface area contributed by atoms with Crippen molar-refractivity contribution in [2.24, 2.45) is 11.7 Å². The molecule has 0 fully saturated rings. The lowest BCUT2D eigenvalue weighted by Gasteiger charge is -2.23. The fourth-order valence-corrected chi connectivity index (χ4v) is 1.97. The van der Waals surface area contributed by atoms with Gasteiger partial charge in [0, 0.05) is 32.0 Å². The van der Waals surface area contributed by atoms with Crippen LogP contribution in [0.3, 0.4) is 0 Å². The van der Waals surface area contributed by atoms with Gasteiger partial charge in [-0.05, 0) is 31.5 Å². The molecule has 0 saturated heterocycles. The number of aliphatic hydroxyl groups is 1. The van der Waals surface area contributed by atoms with Gasteiger partial charge in [-0.3, -0.25) is 4.79 Å². The van der Waals surface area contributed by atoms with Crippen LogP contribution in [0, 0.1) is 12.8 Å². The van der Waals surface area contributed by atoms with Crippen molar-refractivity contribution >= 4 is 5.91 Å². The maximum Gasteiger partial charge on any atom is 0.223 e. The van der Waals surface area contributed by atoms with E-state index in [1.54, 1.807) is 4.90 Å². The van der Waals surface area contributed by atoms with Gasteiger partial charge in [-0.2, -0.15) is 0 Å². The van der Waals surface area contributed by atoms with Crippen LogP contribution < -0.4 is 5.73 Å². The molecule has 0 saturated carbocycles. The summed E-state index contributed by atoms with van der Waals surface area (Å²) in [7, 11) is 0. The van der Waals surface area contributed by atoms with Crippen LogP contribution in [0.5, 0.6) is 0 Å². The zero-order chi connectivity index (χ0) is 14.3. The Balaban J connectivity index is 2.68. The van der Waals surface area contributed by atoms with Crippen LogP contribution in [0.1, 0.15) is 24.5 Å². The standard InChI is InChI=1S/C15H24N2O2/c1-3-17(15(19)8-13(9-16)11-18)10-14-7-5-4-6-12(14)2/h4-7,13,18H,3,8-11,16H2,1-2H3/t13-/m0/s1. The average Bonchev–Trinajstić information content (AvgIpc) is 2.43. The molecule has 0 unspecified atom stereocenters. The number of benzene rings is 1. The Morgan fingerprint density at radius 2 is 2.11 bits per heavy atom. The molecule has 3 N–H and O–H groups in total. The Bertz CT molecular complexity index is 403. The van der Waals surface area contributed by atoms with E-state index in [-0.39, 0.29) is 18.4 Å². The molecule has 0 radical (unpaired) electrons. The van der Waals surface area contributed by atoms with Gasteiger partial charge in [-0.25, -0.2) is 0 Å². The molecule has 4 heteroatoms. The van der Waals surface area contributed by atoms with E-state index in [0.717, 1.165) is 5.56 Å². The van der Waals surface area contributed by atoms with Gasteiger partial charge < -0.3 is 15.7 Å². The van der Waals surface area contributed by atoms with Crippen LogP contribution in [-0.2, 0) is 11.3 Å². The van der Waals surface area contributed by atoms with Gasteiger partial charge in [0.1, 0.15) is 0 Å². The maximum atomic E-state index is 12.2. The summed E-state index contributed by atoms with van der Waals surface area (Å²) < 4.78 is 0. The van der Waals surface area contributed by atoms with E-state index in [2.05, 4.69) is 0 Å². The number of hydrogen-bond donors (Lipinski definition) is 2. The van der Waals surface area contributed by atoms with Crippen molar-refractivity contribution in [1.29, 1.82) is 0 Å². The summed E-state index contributed by atoms with van der Waals surface area (Å²) in [6.07, 6.45) is 0.312. The summed E-state index contributed by atoms with van der Waals surface area (Å²) in [6, 6.07) is 8.06. The second-order valence-corrected chi connectivity index (χ2v) is 4.82. The van der Waals surface area contributed by atoms with Crippen molar-refractivity contribution in [2.45, 2.75) is 26.8 Å². The number of carbonyl (C=O) groups is 1. The molecule has 1 amide bonds. The summed E-state index contributed by atoms with van der Waals surface area (Å²) in [4.78, 5) is 14.0. The van der Waals surface area contributed by atoms with E-state index in [1.807, 2.05) is 38.1 Å². The fraction of sp³-hybridized carbons (Fsp3) is 0.533. The minimum Gasteiger partial charge on any atom is -0.396 e. The Morgan fingerprint density at radius 1 is 1.42 bits per heavy atom. The van der Waals surface area contributed by atoms with Crippen LogP contribution in [-0.4, -0.2) is 35.6 Å². The molecule has 1 aromatic carbocycles. The third-order valence-electron chi connectivity index (χ3n) is 3.41. The van der Waals surface area contributed by atoms with Crippen molar-refractivity contribution in [3.63, 3.8) is 0 Å². The van der Waals surface area contributed by atoms with E-state index in [9.17, 15) is 4.79 Å². The fourth-order valence-electron chi connectivity index (χ4n) is 1.97. The number of rotatable bonds is 7. The quantitative estimate of drug-likeness (QED) is 0.780. The van der Waals surface area contributed by atoms with Crippen molar-refractivity contribution in [3.8, 4) is 0 Å². The minimum atomic E-state index is -0.140. The van der Waals surface area contributed by atoms with Crippen LogP contribution in [0.4, 0.5) is 0 Å². The topological polar surface area (TPSA) is 66.6 Å². The molecular formula is C15H24N2O2. The van der Waals surface area contributed by atoms with Crippen LogP contribution >= 0.6 is 0 Å². The SMILES string of the molecule is CCN(Cc1ccccc1C)C(=O)C[C@@H](CN)CO. The normalized spacial score (nSPS) is 12.2. The average molecular weight is 264 g/mol. The number of aryl methyl sites for hydroxylation is 1. The predicted molar refractivity (Wildman–Crippen MR) is 76.5 cm³/mol. The summed E-state index contributed by atoms with van der Waals surface area (Å²) in [5.74, 6) is -0.0892. The number of amides is 1. The maximum absolute atomic E-state index is 12.2. The van der Waals surface area contributed by atoms with Crippen molar-refractivity contribution < 1.29 is 9.90 Å². The van der Waals surface area contributed by atoms with E-state index in [1.165, 1.54) is 5.56 Å². The van der Waals surface area contributed by atoms with Gasteiger partial charge in [0.25, 0.3) is 0 Å². The molecule has 0 aliphatic rings. The lowest BCUT2D eigenvalue weighted by molar-refractivity contribution is -0.132. The summed E-state index contributed by atoms with van der Waals surface area (Å²) in [5, 5.41) is 9.11. The van der Waals surface area contributed by atoms with Gasteiger partial charge in [-0.15, -0.1) is 0 Å². The minimum absolute atomic E-state index is 0.0375. The van der Waals surface area contributed by atoms with Gasteiger partial charge >= 0.3 is 0 Å². The summed E-state index contributed by atoms with van der Waals surface area (Å²) >= 11 is 0. The van der Waals surface area contributed by atoms with Gasteiger partial charge in [0.15, 0.2) is 0 Å². The van der Waals surface area contributed by atoms with E-state index in [0.29, 0.717) is 26.1 Å². The van der Waals surface area contributed by atoms with Gasteiger partial charge in [0.2, 0.25) is 5.91 Å². The summed E-state index contributed by atoms with van der Waals surface area (Å²) in [5.41, 5.74) is 7.86. The molecule has 4 nitrogen and oxygen atoms in total. The molecule has 0 aliphatic carbocycles. The molecular weight excluding hydrogens is 240 g/mol. The zero-order valence-corrected chi connectivity index (χ0v) is 11.8. The molecule has 1 aromatic rings. The Kier molecular flexibility index (Phi) is 6.53. The number of hydrogen-bond acceptors (Lipinski definition) is 3. The Labute approximate surface area is 115 Å². The first-order valence-corrected chi connectivity index (χ1v) is 6.75. The van der Waals surface area contributed by atoms with Crippen LogP contribution in [0.2, 0.25) is 0 Å². The monoisotopic (exact) mass is 264 g/mol. The highest BCUT2D eigenvalue weighted by atomic mass is 16.3. The van der Waals surface area contributed by atoms with Crippen molar-refractivity contribution in [1.82, 2.24) is 4.90 Å². The lowest BCUT2D eigenvalue weighted by atomic mass is 10.0. The van der Waals surface area contributed by atoms with Crippen LogP contribution in [0.25, 0.3) is 0 Å². The first-order valence-electron chi connectivity index (χ1n) is 6.75. The zero-order valence-electron chi connectivity index (χ0n) is 11.8. The van der Waals surface area contributed by atoms with Gasteiger partial charge in [0.05, 0.1) is 0 Å². The highest BCUT2D eigenvalue weighted by Crippen LogP contribution is 2.12. The molecule has 1 atom stereocenters. The highest BCUT2D eigenvalue weighted by Gasteiger charge is 2.17. The third kappa shape index (κ3) is 4.65. The third-order valence-corrected chi connectivity index (χ3v) is 3.41. The van der Waals surface area contributed by atoms with Crippen molar-refractivity contribution in [3.05, 3.63) is 35.4 Å². The second-order valence-electron chi connectivity index (χ2n) is 4.82. The first kappa shape index (κ1) is 15.7. The molecule has 0 bridgehead atoms. The second kappa shape index (κ2) is 7.92. The molecule has 0 heterocycles. The van der Waals surface area contributed by atoms with Crippen molar-refractivity contribution in [2.75, 3.05) is 19.7 Å². The molecule has 0 aromatic heterocycles. The van der Waals surface area contributed by atoms with E-state index >= 15 is 0 Å². The predicted octanol–water partition coefficient (Wildman–Crippen LogP) is 1.30. The number of aliphatic hydroxyl groups excluding tert-OH is 1.